The van der Waals surface area contributed by atoms with Crippen LogP contribution in [0.1, 0.15) is 0 Å². The van der Waals surface area contributed by atoms with Crippen LogP contribution in [0.2, 0.25) is 0 Å². The lowest BCUT2D eigenvalue weighted by Gasteiger charge is -2.23. The highest BCUT2D eigenvalue weighted by atomic mass is 16.3. The number of anilines is 1. The van der Waals surface area contributed by atoms with E-state index in [0.717, 1.165) is 16.6 Å². The van der Waals surface area contributed by atoms with Crippen molar-refractivity contribution in [3.63, 3.8) is 0 Å². The number of aliphatic hydroxyl groups excluding tert-OH is 2. The fourth-order valence-corrected chi connectivity index (χ4v) is 1.84. The molecule has 0 radical (unpaired) electrons. The van der Waals surface area contributed by atoms with Crippen LogP contribution in [-0.4, -0.2) is 46.7 Å². The van der Waals surface area contributed by atoms with Gasteiger partial charge in [0.1, 0.15) is 0 Å². The minimum absolute atomic E-state index is 0.0383. The average Bonchev–Trinajstić information content (AvgIpc) is 2.38. The predicted molar refractivity (Wildman–Crippen MR) is 65.9 cm³/mol. The van der Waals surface area contributed by atoms with Crippen molar-refractivity contribution < 1.29 is 10.2 Å². The van der Waals surface area contributed by atoms with Gasteiger partial charge >= 0.3 is 0 Å². The van der Waals surface area contributed by atoms with Crippen LogP contribution in [-0.2, 0) is 0 Å². The fraction of sp³-hybridized carbons (Fsp3) is 0.333. The van der Waals surface area contributed by atoms with Crippen molar-refractivity contribution in [3.05, 3.63) is 30.5 Å². The lowest BCUT2D eigenvalue weighted by molar-refractivity contribution is 0.281. The number of aromatic nitrogens is 2. The molecule has 0 saturated heterocycles. The van der Waals surface area contributed by atoms with Gasteiger partial charge in [0.25, 0.3) is 0 Å². The molecule has 0 aliphatic rings. The normalized spacial score (nSPS) is 10.7. The van der Waals surface area contributed by atoms with Gasteiger partial charge in [-0.15, -0.1) is 0 Å². The molecule has 0 atom stereocenters. The zero-order valence-corrected chi connectivity index (χ0v) is 9.45. The maximum absolute atomic E-state index is 9.04. The Morgan fingerprint density at radius 2 is 1.76 bits per heavy atom. The van der Waals surface area contributed by atoms with E-state index >= 15 is 0 Å². The van der Waals surface area contributed by atoms with Gasteiger partial charge in [-0.05, 0) is 6.07 Å². The van der Waals surface area contributed by atoms with Gasteiger partial charge in [0, 0.05) is 18.5 Å². The molecule has 0 aliphatic carbocycles. The lowest BCUT2D eigenvalue weighted by Crippen LogP contribution is -2.30. The van der Waals surface area contributed by atoms with Gasteiger partial charge in [-0.3, -0.25) is 0 Å². The second kappa shape index (κ2) is 5.56. The maximum atomic E-state index is 9.04. The van der Waals surface area contributed by atoms with E-state index in [1.165, 1.54) is 0 Å². The molecule has 2 aromatic rings. The number of benzene rings is 1. The third kappa shape index (κ3) is 2.51. The van der Waals surface area contributed by atoms with E-state index in [9.17, 15) is 0 Å². The summed E-state index contributed by atoms with van der Waals surface area (Å²) in [6.45, 7) is 1.01. The second-order valence-electron chi connectivity index (χ2n) is 3.68. The number of aliphatic hydroxyl groups is 2. The van der Waals surface area contributed by atoms with Gasteiger partial charge in [0.2, 0.25) is 0 Å². The molecule has 0 bridgehead atoms. The summed E-state index contributed by atoms with van der Waals surface area (Å²) < 4.78 is 0. The Kier molecular flexibility index (Phi) is 3.85. The molecule has 0 unspecified atom stereocenters. The number of rotatable bonds is 5. The average molecular weight is 233 g/mol. The molecule has 0 amide bonds. The molecule has 1 aromatic heterocycles. The van der Waals surface area contributed by atoms with Gasteiger partial charge in [0.15, 0.2) is 0 Å². The Balaban J connectivity index is 2.44. The molecule has 0 spiro atoms. The van der Waals surface area contributed by atoms with Crippen molar-refractivity contribution in [1.29, 1.82) is 0 Å². The van der Waals surface area contributed by atoms with E-state index < -0.39 is 0 Å². The van der Waals surface area contributed by atoms with Gasteiger partial charge in [-0.2, -0.15) is 10.2 Å². The summed E-state index contributed by atoms with van der Waals surface area (Å²) in [6.07, 6.45) is 1.66. The Morgan fingerprint density at radius 1 is 1.06 bits per heavy atom. The van der Waals surface area contributed by atoms with Gasteiger partial charge in [-0.25, -0.2) is 0 Å². The van der Waals surface area contributed by atoms with E-state index in [-0.39, 0.29) is 13.2 Å². The molecule has 5 heteroatoms. The molecule has 5 nitrogen and oxygen atoms in total. The van der Waals surface area contributed by atoms with Crippen LogP contribution < -0.4 is 4.90 Å². The van der Waals surface area contributed by atoms with Crippen LogP contribution >= 0.6 is 0 Å². The first-order valence-corrected chi connectivity index (χ1v) is 5.54. The topological polar surface area (TPSA) is 69.5 Å². The molecule has 2 N–H and O–H groups in total. The van der Waals surface area contributed by atoms with Gasteiger partial charge in [0.05, 0.1) is 30.6 Å². The van der Waals surface area contributed by atoms with E-state index in [2.05, 4.69) is 10.2 Å². The zero-order valence-electron chi connectivity index (χ0n) is 9.45. The van der Waals surface area contributed by atoms with Crippen molar-refractivity contribution in [2.75, 3.05) is 31.2 Å². The third-order valence-corrected chi connectivity index (χ3v) is 2.61. The van der Waals surface area contributed by atoms with Gasteiger partial charge < -0.3 is 15.1 Å². The minimum Gasteiger partial charge on any atom is -0.395 e. The van der Waals surface area contributed by atoms with E-state index in [0.29, 0.717) is 13.1 Å². The number of hydrogen-bond acceptors (Lipinski definition) is 5. The summed E-state index contributed by atoms with van der Waals surface area (Å²) in [4.78, 5) is 1.90. The highest BCUT2D eigenvalue weighted by Crippen LogP contribution is 2.23. The molecule has 0 saturated carbocycles. The molecule has 90 valence electrons. The first-order chi connectivity index (χ1) is 8.36. The van der Waals surface area contributed by atoms with Crippen molar-refractivity contribution in [3.8, 4) is 0 Å². The molecule has 0 fully saturated rings. The predicted octanol–water partition coefficient (Wildman–Crippen LogP) is 0.421. The molecule has 0 aliphatic heterocycles. The highest BCUT2D eigenvalue weighted by molar-refractivity contribution is 5.90. The lowest BCUT2D eigenvalue weighted by atomic mass is 10.2. The summed E-state index contributed by atoms with van der Waals surface area (Å²) in [5.74, 6) is 0. The Hall–Kier alpha value is -1.72. The molecule has 1 aromatic carbocycles. The number of hydrogen-bond donors (Lipinski definition) is 2. The quantitative estimate of drug-likeness (QED) is 0.783. The summed E-state index contributed by atoms with van der Waals surface area (Å²) in [5, 5.41) is 27.0. The SMILES string of the molecule is OCCN(CCO)c1cnnc2ccccc12. The van der Waals surface area contributed by atoms with Crippen molar-refractivity contribution in [1.82, 2.24) is 10.2 Å². The van der Waals surface area contributed by atoms with Crippen LogP contribution in [0.4, 0.5) is 5.69 Å². The maximum Gasteiger partial charge on any atom is 0.0950 e. The van der Waals surface area contributed by atoms with Crippen molar-refractivity contribution in [2.45, 2.75) is 0 Å². The Labute approximate surface area is 99.3 Å². The zero-order chi connectivity index (χ0) is 12.1. The molecule has 2 rings (SSSR count). The molecular weight excluding hydrogens is 218 g/mol. The monoisotopic (exact) mass is 233 g/mol. The highest BCUT2D eigenvalue weighted by Gasteiger charge is 2.10. The summed E-state index contributed by atoms with van der Waals surface area (Å²) in [6, 6.07) is 7.69. The molecule has 17 heavy (non-hydrogen) atoms. The van der Waals surface area contributed by atoms with Crippen molar-refractivity contribution in [2.24, 2.45) is 0 Å². The Morgan fingerprint density at radius 3 is 2.47 bits per heavy atom. The first kappa shape index (κ1) is 11.8. The van der Waals surface area contributed by atoms with Crippen LogP contribution in [0.3, 0.4) is 0 Å². The van der Waals surface area contributed by atoms with E-state index in [1.807, 2.05) is 29.2 Å². The summed E-state index contributed by atoms with van der Waals surface area (Å²) >= 11 is 0. The Bertz CT molecular complexity index is 479. The molecule has 1 heterocycles. The largest absolute Gasteiger partial charge is 0.395 e. The van der Waals surface area contributed by atoms with Crippen LogP contribution in [0.25, 0.3) is 10.9 Å². The number of fused-ring (bicyclic) bond motifs is 1. The van der Waals surface area contributed by atoms with Crippen molar-refractivity contribution >= 4 is 16.6 Å². The van der Waals surface area contributed by atoms with Crippen LogP contribution in [0.15, 0.2) is 30.5 Å². The summed E-state index contributed by atoms with van der Waals surface area (Å²) in [5.41, 5.74) is 1.70. The fourth-order valence-electron chi connectivity index (χ4n) is 1.84. The van der Waals surface area contributed by atoms with Crippen LogP contribution in [0.5, 0.6) is 0 Å². The van der Waals surface area contributed by atoms with E-state index in [1.54, 1.807) is 6.20 Å². The first-order valence-electron chi connectivity index (χ1n) is 5.54. The third-order valence-electron chi connectivity index (χ3n) is 2.61. The van der Waals surface area contributed by atoms with Crippen LogP contribution in [0, 0.1) is 0 Å². The standard InChI is InChI=1S/C12H15N3O2/c16-7-5-15(6-8-17)12-9-13-14-11-4-2-1-3-10(11)12/h1-4,9,16-17H,5-8H2. The summed E-state index contributed by atoms with van der Waals surface area (Å²) in [7, 11) is 0. The van der Waals surface area contributed by atoms with E-state index in [4.69, 9.17) is 10.2 Å². The minimum atomic E-state index is 0.0383. The second-order valence-corrected chi connectivity index (χ2v) is 3.68. The molecular formula is C12H15N3O2. The number of nitrogens with zero attached hydrogens (tertiary/aromatic N) is 3. The smallest absolute Gasteiger partial charge is 0.0950 e. The van der Waals surface area contributed by atoms with Gasteiger partial charge in [-0.1, -0.05) is 18.2 Å².